The summed E-state index contributed by atoms with van der Waals surface area (Å²) in [6, 6.07) is 15.8. The second-order valence-corrected chi connectivity index (χ2v) is 11.4. The Balaban J connectivity index is 1.76. The van der Waals surface area contributed by atoms with Crippen molar-refractivity contribution in [3.63, 3.8) is 0 Å². The van der Waals surface area contributed by atoms with Gasteiger partial charge in [-0.1, -0.05) is 30.3 Å². The number of carbonyl (C=O) groups excluding carboxylic acids is 1. The van der Waals surface area contributed by atoms with Crippen molar-refractivity contribution in [3.05, 3.63) is 72.5 Å². The van der Waals surface area contributed by atoms with Gasteiger partial charge < -0.3 is 11.1 Å². The van der Waals surface area contributed by atoms with Crippen molar-refractivity contribution in [2.45, 2.75) is 16.0 Å². The van der Waals surface area contributed by atoms with Gasteiger partial charge in [0.2, 0.25) is 20.0 Å². The van der Waals surface area contributed by atoms with Crippen molar-refractivity contribution in [2.24, 2.45) is 5.73 Å². The van der Waals surface area contributed by atoms with Crippen LogP contribution in [-0.2, 0) is 24.8 Å². The quantitative estimate of drug-likeness (QED) is 0.493. The first kappa shape index (κ1) is 24.2. The van der Waals surface area contributed by atoms with E-state index in [4.69, 9.17) is 5.73 Å². The van der Waals surface area contributed by atoms with Gasteiger partial charge >= 0.3 is 0 Å². The summed E-state index contributed by atoms with van der Waals surface area (Å²) in [7, 11) is -8.57. The van der Waals surface area contributed by atoms with E-state index in [1.807, 2.05) is 12.1 Å². The van der Waals surface area contributed by atoms with Crippen molar-refractivity contribution in [1.82, 2.24) is 13.9 Å². The first-order chi connectivity index (χ1) is 16.2. The molecule has 1 atom stereocenters. The molecule has 1 heterocycles. The fourth-order valence-electron chi connectivity index (χ4n) is 3.84. The summed E-state index contributed by atoms with van der Waals surface area (Å²) in [4.78, 5) is 12.7. The highest BCUT2D eigenvalue weighted by Crippen LogP contribution is 2.30. The van der Waals surface area contributed by atoms with Gasteiger partial charge in [0.25, 0.3) is 5.91 Å². The summed E-state index contributed by atoms with van der Waals surface area (Å²) < 4.78 is 68.7. The number of hydrogen-bond donors (Lipinski definition) is 2. The molecule has 34 heavy (non-hydrogen) atoms. The average Bonchev–Trinajstić information content (AvgIpc) is 3.30. The smallest absolute Gasteiger partial charge is 0.254 e. The number of nitrogens with one attached hydrogen (secondary N) is 1. The molecule has 0 bridgehead atoms. The molecule has 3 aromatic carbocycles. The zero-order chi connectivity index (χ0) is 24.5. The molecule has 3 N–H and O–H groups in total. The molecule has 9 nitrogen and oxygen atoms in total. The van der Waals surface area contributed by atoms with Crippen LogP contribution >= 0.6 is 0 Å². The highest BCUT2D eigenvalue weighted by molar-refractivity contribution is 7.90. The second-order valence-electron chi connectivity index (χ2n) is 7.65. The number of fused-ring (bicyclic) bond motifs is 1. The number of carbonyl (C=O) groups is 1. The van der Waals surface area contributed by atoms with Gasteiger partial charge in [-0.25, -0.2) is 21.2 Å². The number of sulfonamides is 2. The van der Waals surface area contributed by atoms with Gasteiger partial charge in [0, 0.05) is 26.2 Å². The van der Waals surface area contributed by atoms with Crippen LogP contribution in [0, 0.1) is 5.82 Å². The van der Waals surface area contributed by atoms with Crippen molar-refractivity contribution in [1.29, 1.82) is 0 Å². The van der Waals surface area contributed by atoms with Crippen LogP contribution in [0.5, 0.6) is 0 Å². The fraction of sp³-hybridized carbons (Fsp3) is 0.227. The summed E-state index contributed by atoms with van der Waals surface area (Å²) in [5, 5.41) is 4.00. The molecule has 0 aromatic heterocycles. The summed E-state index contributed by atoms with van der Waals surface area (Å²) in [6.45, 7) is -0.381. The fourth-order valence-corrected chi connectivity index (χ4v) is 7.03. The van der Waals surface area contributed by atoms with Crippen LogP contribution in [0.15, 0.2) is 76.5 Å². The van der Waals surface area contributed by atoms with E-state index < -0.39 is 37.9 Å². The van der Waals surface area contributed by atoms with E-state index in [2.05, 4.69) is 5.32 Å². The Labute approximate surface area is 197 Å². The SMILES string of the molecule is NCCNC(=O)C1N(S(=O)(=O)c2ccc(F)cc2)CCN1S(=O)(=O)c1ccc2ccccc2c1. The minimum atomic E-state index is -4.32. The third-order valence-electron chi connectivity index (χ3n) is 5.51. The number of amides is 1. The Morgan fingerprint density at radius 2 is 1.44 bits per heavy atom. The van der Waals surface area contributed by atoms with Gasteiger partial charge in [-0.2, -0.15) is 8.61 Å². The van der Waals surface area contributed by atoms with Crippen LogP contribution in [0.25, 0.3) is 10.8 Å². The average molecular weight is 507 g/mol. The summed E-state index contributed by atoms with van der Waals surface area (Å²) in [5.41, 5.74) is 5.45. The second kappa shape index (κ2) is 9.39. The molecule has 0 saturated carbocycles. The van der Waals surface area contributed by atoms with Crippen molar-refractivity contribution < 1.29 is 26.0 Å². The standard InChI is InChI=1S/C22H23FN4O5S2/c23-18-6-9-19(10-7-18)33(29,30)26-13-14-27(22(26)21(28)25-12-11-24)34(31,32)20-8-5-16-3-1-2-4-17(16)15-20/h1-10,15,22H,11-14,24H2,(H,25,28). The van der Waals surface area contributed by atoms with Crippen LogP contribution in [0.3, 0.4) is 0 Å². The van der Waals surface area contributed by atoms with Crippen molar-refractivity contribution in [3.8, 4) is 0 Å². The van der Waals surface area contributed by atoms with Gasteiger partial charge in [-0.3, -0.25) is 4.79 Å². The van der Waals surface area contributed by atoms with E-state index in [1.165, 1.54) is 12.1 Å². The maximum absolute atomic E-state index is 13.6. The number of halogens is 1. The van der Waals surface area contributed by atoms with Gasteiger partial charge in [-0.15, -0.1) is 0 Å². The monoisotopic (exact) mass is 506 g/mol. The van der Waals surface area contributed by atoms with Gasteiger partial charge in [0.15, 0.2) is 6.17 Å². The molecule has 4 rings (SSSR count). The molecule has 1 unspecified atom stereocenters. The molecule has 12 heteroatoms. The molecule has 1 fully saturated rings. The summed E-state index contributed by atoms with van der Waals surface area (Å²) in [5.74, 6) is -1.45. The number of hydrogen-bond acceptors (Lipinski definition) is 6. The molecule has 1 saturated heterocycles. The molecule has 3 aromatic rings. The normalized spacial score (nSPS) is 17.8. The number of nitrogens with zero attached hydrogens (tertiary/aromatic N) is 2. The lowest BCUT2D eigenvalue weighted by molar-refractivity contribution is -0.126. The highest BCUT2D eigenvalue weighted by Gasteiger charge is 2.49. The number of rotatable bonds is 7. The van der Waals surface area contributed by atoms with Crippen molar-refractivity contribution in [2.75, 3.05) is 26.2 Å². The summed E-state index contributed by atoms with van der Waals surface area (Å²) in [6.07, 6.45) is -1.67. The van der Waals surface area contributed by atoms with E-state index >= 15 is 0 Å². The molecule has 180 valence electrons. The van der Waals surface area contributed by atoms with Crippen LogP contribution in [0.2, 0.25) is 0 Å². The Bertz CT molecular complexity index is 1430. The largest absolute Gasteiger partial charge is 0.352 e. The Hall–Kier alpha value is -2.90. The third kappa shape index (κ3) is 4.42. The third-order valence-corrected chi connectivity index (χ3v) is 9.23. The highest BCUT2D eigenvalue weighted by atomic mass is 32.2. The summed E-state index contributed by atoms with van der Waals surface area (Å²) >= 11 is 0. The molecular weight excluding hydrogens is 483 g/mol. The minimum Gasteiger partial charge on any atom is -0.352 e. The topological polar surface area (TPSA) is 130 Å². The maximum atomic E-state index is 13.6. The molecule has 0 radical (unpaired) electrons. The van der Waals surface area contributed by atoms with E-state index in [9.17, 15) is 26.0 Å². The van der Waals surface area contributed by atoms with Crippen LogP contribution in [0.4, 0.5) is 4.39 Å². The van der Waals surface area contributed by atoms with Crippen molar-refractivity contribution >= 4 is 36.7 Å². The lowest BCUT2D eigenvalue weighted by Crippen LogP contribution is -2.54. The zero-order valence-electron chi connectivity index (χ0n) is 18.0. The van der Waals surface area contributed by atoms with Crippen LogP contribution in [0.1, 0.15) is 0 Å². The van der Waals surface area contributed by atoms with Gasteiger partial charge in [0.05, 0.1) is 9.79 Å². The molecule has 0 aliphatic carbocycles. The number of nitrogens with two attached hydrogens (primary N) is 1. The Kier molecular flexibility index (Phi) is 6.69. The van der Waals surface area contributed by atoms with Gasteiger partial charge in [-0.05, 0) is 47.2 Å². The van der Waals surface area contributed by atoms with E-state index in [0.717, 1.165) is 38.3 Å². The Morgan fingerprint density at radius 1 is 0.882 bits per heavy atom. The molecule has 1 aliphatic rings. The lowest BCUT2D eigenvalue weighted by atomic mass is 10.1. The first-order valence-electron chi connectivity index (χ1n) is 10.4. The maximum Gasteiger partial charge on any atom is 0.254 e. The predicted molar refractivity (Wildman–Crippen MR) is 124 cm³/mol. The minimum absolute atomic E-state index is 0.0314. The van der Waals surface area contributed by atoms with E-state index in [1.54, 1.807) is 18.2 Å². The Morgan fingerprint density at radius 3 is 2.06 bits per heavy atom. The van der Waals surface area contributed by atoms with Gasteiger partial charge in [0.1, 0.15) is 5.82 Å². The zero-order valence-corrected chi connectivity index (χ0v) is 19.6. The van der Waals surface area contributed by atoms with E-state index in [0.29, 0.717) is 5.39 Å². The lowest BCUT2D eigenvalue weighted by Gasteiger charge is -2.28. The van der Waals surface area contributed by atoms with Crippen LogP contribution in [-0.4, -0.2) is 63.7 Å². The van der Waals surface area contributed by atoms with Crippen LogP contribution < -0.4 is 11.1 Å². The molecule has 1 aliphatic heterocycles. The molecular formula is C22H23FN4O5S2. The van der Waals surface area contributed by atoms with E-state index in [-0.39, 0.29) is 36.0 Å². The molecule has 0 spiro atoms. The molecule has 1 amide bonds. The number of benzene rings is 3. The predicted octanol–water partition coefficient (Wildman–Crippen LogP) is 1.08. The first-order valence-corrected chi connectivity index (χ1v) is 13.3.